The molecule has 1 fully saturated rings. The number of ether oxygens (including phenoxy) is 1. The van der Waals surface area contributed by atoms with Crippen LogP contribution in [0.5, 0.6) is 0 Å². The van der Waals surface area contributed by atoms with E-state index < -0.39 is 0 Å². The third-order valence-corrected chi connectivity index (χ3v) is 3.86. The van der Waals surface area contributed by atoms with E-state index in [1.807, 2.05) is 11.8 Å². The molecule has 0 spiro atoms. The van der Waals surface area contributed by atoms with Crippen LogP contribution in [0.3, 0.4) is 0 Å². The molecule has 9 heteroatoms. The molecule has 0 atom stereocenters. The Kier molecular flexibility index (Phi) is 5.44. The number of anilines is 2. The Balaban J connectivity index is 1.63. The zero-order valence-corrected chi connectivity index (χ0v) is 14.0. The van der Waals surface area contributed by atoms with Crippen molar-refractivity contribution in [3.05, 3.63) is 35.9 Å². The van der Waals surface area contributed by atoms with Crippen LogP contribution in [0.15, 0.2) is 24.4 Å². The van der Waals surface area contributed by atoms with Crippen molar-refractivity contribution in [1.29, 1.82) is 0 Å². The van der Waals surface area contributed by atoms with Crippen molar-refractivity contribution in [3.63, 3.8) is 0 Å². The molecule has 3 rings (SSSR count). The number of benzene rings is 1. The fourth-order valence-corrected chi connectivity index (χ4v) is 2.58. The molecule has 0 saturated carbocycles. The number of carbonyl (C=O) groups excluding carboxylic acids is 1. The molecule has 1 aliphatic heterocycles. The van der Waals surface area contributed by atoms with Crippen molar-refractivity contribution in [2.45, 2.75) is 20.0 Å². The number of amides is 2. The van der Waals surface area contributed by atoms with E-state index in [0.29, 0.717) is 49.9 Å². The highest BCUT2D eigenvalue weighted by Crippen LogP contribution is 2.27. The quantitative estimate of drug-likeness (QED) is 0.857. The van der Waals surface area contributed by atoms with E-state index in [2.05, 4.69) is 20.8 Å². The van der Waals surface area contributed by atoms with E-state index in [0.717, 1.165) is 0 Å². The number of nitrogens with one attached hydrogen (secondary N) is 2. The molecule has 8 nitrogen and oxygen atoms in total. The average Bonchev–Trinajstić information content (AvgIpc) is 3.10. The zero-order valence-electron chi connectivity index (χ0n) is 14.0. The standard InChI is InChI=1S/C16H21FN6O2/c1-2-23-19-11-13(21-23)10-18-16(24)20-14-4-3-12(17)9-15(14)22-5-7-25-8-6-22/h3-4,9,11H,2,5-8,10H2,1H3,(H2,18,20,24). The Labute approximate surface area is 144 Å². The highest BCUT2D eigenvalue weighted by atomic mass is 19.1. The van der Waals surface area contributed by atoms with E-state index in [4.69, 9.17) is 4.74 Å². The highest BCUT2D eigenvalue weighted by Gasteiger charge is 2.17. The minimum Gasteiger partial charge on any atom is -0.378 e. The maximum absolute atomic E-state index is 13.6. The number of hydrogen-bond donors (Lipinski definition) is 2. The first-order valence-corrected chi connectivity index (χ1v) is 8.22. The van der Waals surface area contributed by atoms with Crippen LogP contribution in [-0.4, -0.2) is 47.3 Å². The molecule has 2 N–H and O–H groups in total. The van der Waals surface area contributed by atoms with Crippen LogP contribution >= 0.6 is 0 Å². The second-order valence-electron chi connectivity index (χ2n) is 5.59. The van der Waals surface area contributed by atoms with Crippen LogP contribution in [-0.2, 0) is 17.8 Å². The van der Waals surface area contributed by atoms with Crippen molar-refractivity contribution >= 4 is 17.4 Å². The van der Waals surface area contributed by atoms with E-state index in [9.17, 15) is 9.18 Å². The number of aromatic nitrogens is 3. The Morgan fingerprint density at radius 2 is 2.16 bits per heavy atom. The van der Waals surface area contributed by atoms with Gasteiger partial charge in [0.2, 0.25) is 0 Å². The number of rotatable bonds is 5. The molecule has 0 aliphatic carbocycles. The Hall–Kier alpha value is -2.68. The van der Waals surface area contributed by atoms with Crippen molar-refractivity contribution in [3.8, 4) is 0 Å². The molecule has 1 aromatic heterocycles. The molecule has 1 saturated heterocycles. The fraction of sp³-hybridized carbons (Fsp3) is 0.438. The van der Waals surface area contributed by atoms with Gasteiger partial charge in [-0.3, -0.25) is 0 Å². The first kappa shape index (κ1) is 17.2. The van der Waals surface area contributed by atoms with Gasteiger partial charge < -0.3 is 20.3 Å². The lowest BCUT2D eigenvalue weighted by Gasteiger charge is -2.30. The normalized spacial score (nSPS) is 14.4. The number of morpholine rings is 1. The Bertz CT molecular complexity index is 729. The van der Waals surface area contributed by atoms with E-state index in [1.165, 1.54) is 12.1 Å². The highest BCUT2D eigenvalue weighted by molar-refractivity contribution is 5.93. The summed E-state index contributed by atoms with van der Waals surface area (Å²) in [6.45, 7) is 5.33. The van der Waals surface area contributed by atoms with Gasteiger partial charge in [0, 0.05) is 13.1 Å². The molecule has 0 bridgehead atoms. The fourth-order valence-electron chi connectivity index (χ4n) is 2.58. The molecule has 2 aromatic rings. The van der Waals surface area contributed by atoms with Gasteiger partial charge in [0.25, 0.3) is 0 Å². The topological polar surface area (TPSA) is 84.3 Å². The van der Waals surface area contributed by atoms with Gasteiger partial charge in [-0.15, -0.1) is 0 Å². The van der Waals surface area contributed by atoms with Crippen molar-refractivity contribution < 1.29 is 13.9 Å². The predicted molar refractivity (Wildman–Crippen MR) is 91.0 cm³/mol. The molecule has 1 aliphatic rings. The molecule has 2 heterocycles. The van der Waals surface area contributed by atoms with Crippen LogP contribution in [0.25, 0.3) is 0 Å². The first-order chi connectivity index (χ1) is 12.2. The van der Waals surface area contributed by atoms with E-state index in [1.54, 1.807) is 17.1 Å². The SMILES string of the molecule is CCn1ncc(CNC(=O)Nc2ccc(F)cc2N2CCOCC2)n1. The molecule has 0 unspecified atom stereocenters. The largest absolute Gasteiger partial charge is 0.378 e. The second-order valence-corrected chi connectivity index (χ2v) is 5.59. The monoisotopic (exact) mass is 348 g/mol. The lowest BCUT2D eigenvalue weighted by atomic mass is 10.2. The third kappa shape index (κ3) is 4.44. The molecule has 0 radical (unpaired) electrons. The lowest BCUT2D eigenvalue weighted by Crippen LogP contribution is -2.37. The van der Waals surface area contributed by atoms with Crippen molar-refractivity contribution in [2.24, 2.45) is 0 Å². The van der Waals surface area contributed by atoms with Crippen LogP contribution in [0.1, 0.15) is 12.6 Å². The summed E-state index contributed by atoms with van der Waals surface area (Å²) in [4.78, 5) is 15.7. The number of halogens is 1. The molecular weight excluding hydrogens is 327 g/mol. The van der Waals surface area contributed by atoms with Crippen LogP contribution in [0, 0.1) is 5.82 Å². The summed E-state index contributed by atoms with van der Waals surface area (Å²) in [6.07, 6.45) is 1.61. The summed E-state index contributed by atoms with van der Waals surface area (Å²) in [5.41, 5.74) is 1.87. The molecule has 1 aromatic carbocycles. The second kappa shape index (κ2) is 7.93. The van der Waals surface area contributed by atoms with E-state index >= 15 is 0 Å². The summed E-state index contributed by atoms with van der Waals surface area (Å²) in [7, 11) is 0. The van der Waals surface area contributed by atoms with E-state index in [-0.39, 0.29) is 18.4 Å². The summed E-state index contributed by atoms with van der Waals surface area (Å²) in [6, 6.07) is 3.93. The summed E-state index contributed by atoms with van der Waals surface area (Å²) < 4.78 is 19.0. The lowest BCUT2D eigenvalue weighted by molar-refractivity contribution is 0.122. The van der Waals surface area contributed by atoms with Crippen molar-refractivity contribution in [2.75, 3.05) is 36.5 Å². The summed E-state index contributed by atoms with van der Waals surface area (Å²) >= 11 is 0. The average molecular weight is 348 g/mol. The van der Waals surface area contributed by atoms with Gasteiger partial charge in [0.1, 0.15) is 11.5 Å². The van der Waals surface area contributed by atoms with Gasteiger partial charge in [-0.1, -0.05) is 0 Å². The van der Waals surface area contributed by atoms with Gasteiger partial charge in [-0.05, 0) is 25.1 Å². The minimum atomic E-state index is -0.382. The van der Waals surface area contributed by atoms with Gasteiger partial charge >= 0.3 is 6.03 Å². The van der Waals surface area contributed by atoms with Crippen LogP contribution in [0.2, 0.25) is 0 Å². The van der Waals surface area contributed by atoms with Crippen LogP contribution in [0.4, 0.5) is 20.6 Å². The molecular formula is C16H21FN6O2. The summed E-state index contributed by atoms with van der Waals surface area (Å²) in [5.74, 6) is -0.344. The number of urea groups is 1. The Morgan fingerprint density at radius 1 is 1.36 bits per heavy atom. The van der Waals surface area contributed by atoms with Gasteiger partial charge in [-0.2, -0.15) is 15.0 Å². The summed E-state index contributed by atoms with van der Waals surface area (Å²) in [5, 5.41) is 13.8. The number of carbonyl (C=O) groups is 1. The molecule has 134 valence electrons. The first-order valence-electron chi connectivity index (χ1n) is 8.22. The van der Waals surface area contributed by atoms with Gasteiger partial charge in [0.05, 0.1) is 43.9 Å². The maximum Gasteiger partial charge on any atom is 0.319 e. The zero-order chi connectivity index (χ0) is 17.6. The molecule has 2 amide bonds. The van der Waals surface area contributed by atoms with Crippen LogP contribution < -0.4 is 15.5 Å². The number of nitrogens with zero attached hydrogens (tertiary/aromatic N) is 4. The maximum atomic E-state index is 13.6. The molecule has 25 heavy (non-hydrogen) atoms. The third-order valence-electron chi connectivity index (χ3n) is 3.86. The van der Waals surface area contributed by atoms with Gasteiger partial charge in [0.15, 0.2) is 0 Å². The Morgan fingerprint density at radius 3 is 2.88 bits per heavy atom. The van der Waals surface area contributed by atoms with Gasteiger partial charge in [-0.25, -0.2) is 9.18 Å². The minimum absolute atomic E-state index is 0.264. The predicted octanol–water partition coefficient (Wildman–Crippen LogP) is 1.60. The number of hydrogen-bond acceptors (Lipinski definition) is 5. The smallest absolute Gasteiger partial charge is 0.319 e. The number of aryl methyl sites for hydroxylation is 1. The van der Waals surface area contributed by atoms with Crippen molar-refractivity contribution in [1.82, 2.24) is 20.3 Å².